The SMILES string of the molecule is CC[C@@H](NS(=O)(=O)c1ccc(OC)c(OC)c1)c1ccc(Cl)cc1. The van der Waals surface area contributed by atoms with Gasteiger partial charge in [-0.25, -0.2) is 13.1 Å². The molecule has 1 atom stereocenters. The summed E-state index contributed by atoms with van der Waals surface area (Å²) in [5.74, 6) is 0.834. The molecule has 1 N–H and O–H groups in total. The predicted octanol–water partition coefficient (Wildman–Crippen LogP) is 3.79. The average molecular weight is 370 g/mol. The van der Waals surface area contributed by atoms with E-state index in [-0.39, 0.29) is 10.9 Å². The van der Waals surface area contributed by atoms with Gasteiger partial charge in [0.25, 0.3) is 0 Å². The van der Waals surface area contributed by atoms with E-state index in [0.717, 1.165) is 5.56 Å². The van der Waals surface area contributed by atoms with Crippen molar-refractivity contribution in [3.05, 3.63) is 53.1 Å². The van der Waals surface area contributed by atoms with Gasteiger partial charge in [0.05, 0.1) is 19.1 Å². The van der Waals surface area contributed by atoms with Crippen LogP contribution >= 0.6 is 11.6 Å². The molecule has 5 nitrogen and oxygen atoms in total. The molecule has 0 unspecified atom stereocenters. The summed E-state index contributed by atoms with van der Waals surface area (Å²) in [6.07, 6.45) is 0.605. The number of halogens is 1. The number of benzene rings is 2. The third kappa shape index (κ3) is 4.20. The van der Waals surface area contributed by atoms with Crippen molar-refractivity contribution in [3.63, 3.8) is 0 Å². The number of sulfonamides is 1. The third-order valence-electron chi connectivity index (χ3n) is 3.64. The number of hydrogen-bond acceptors (Lipinski definition) is 4. The summed E-state index contributed by atoms with van der Waals surface area (Å²) < 4.78 is 38.4. The minimum absolute atomic E-state index is 0.118. The van der Waals surface area contributed by atoms with E-state index < -0.39 is 10.0 Å². The van der Waals surface area contributed by atoms with E-state index in [1.807, 2.05) is 19.1 Å². The van der Waals surface area contributed by atoms with Gasteiger partial charge in [0.2, 0.25) is 10.0 Å². The molecular formula is C17H20ClNO4S. The van der Waals surface area contributed by atoms with E-state index in [1.54, 1.807) is 18.2 Å². The van der Waals surface area contributed by atoms with Crippen LogP contribution in [0.2, 0.25) is 5.02 Å². The van der Waals surface area contributed by atoms with Crippen LogP contribution in [-0.2, 0) is 10.0 Å². The highest BCUT2D eigenvalue weighted by Crippen LogP contribution is 2.30. The van der Waals surface area contributed by atoms with E-state index in [1.165, 1.54) is 26.4 Å². The standard InChI is InChI=1S/C17H20ClNO4S/c1-4-15(12-5-7-13(18)8-6-12)19-24(20,21)14-9-10-16(22-2)17(11-14)23-3/h5-11,15,19H,4H2,1-3H3/t15-/m1/s1. The molecule has 0 spiro atoms. The molecule has 0 aliphatic carbocycles. The van der Waals surface area contributed by atoms with Gasteiger partial charge in [-0.3, -0.25) is 0 Å². The molecule has 2 aromatic carbocycles. The Morgan fingerprint density at radius 3 is 2.21 bits per heavy atom. The van der Waals surface area contributed by atoms with Crippen LogP contribution in [0, 0.1) is 0 Å². The van der Waals surface area contributed by atoms with Gasteiger partial charge >= 0.3 is 0 Å². The molecule has 0 bridgehead atoms. The quantitative estimate of drug-likeness (QED) is 0.806. The lowest BCUT2D eigenvalue weighted by Crippen LogP contribution is -2.28. The Hall–Kier alpha value is -1.76. The maximum atomic E-state index is 12.7. The zero-order valence-electron chi connectivity index (χ0n) is 13.7. The Morgan fingerprint density at radius 1 is 1.04 bits per heavy atom. The fourth-order valence-corrected chi connectivity index (χ4v) is 3.77. The molecule has 130 valence electrons. The van der Waals surface area contributed by atoms with Crippen molar-refractivity contribution in [2.45, 2.75) is 24.3 Å². The normalized spacial score (nSPS) is 12.7. The Balaban J connectivity index is 2.30. The van der Waals surface area contributed by atoms with Crippen LogP contribution in [0.15, 0.2) is 47.4 Å². The second kappa shape index (κ2) is 7.88. The maximum Gasteiger partial charge on any atom is 0.241 e. The fourth-order valence-electron chi connectivity index (χ4n) is 2.32. The van der Waals surface area contributed by atoms with E-state index >= 15 is 0 Å². The molecule has 2 rings (SSSR count). The largest absolute Gasteiger partial charge is 0.493 e. The highest BCUT2D eigenvalue weighted by atomic mass is 35.5. The van der Waals surface area contributed by atoms with E-state index in [4.69, 9.17) is 21.1 Å². The molecule has 0 aromatic heterocycles. The van der Waals surface area contributed by atoms with Gasteiger partial charge in [-0.15, -0.1) is 0 Å². The molecule has 0 saturated heterocycles. The van der Waals surface area contributed by atoms with Crippen molar-refractivity contribution < 1.29 is 17.9 Å². The summed E-state index contributed by atoms with van der Waals surface area (Å²) in [5, 5.41) is 0.608. The molecule has 2 aromatic rings. The van der Waals surface area contributed by atoms with Gasteiger partial charge in [-0.1, -0.05) is 30.7 Å². The fraction of sp³-hybridized carbons (Fsp3) is 0.294. The zero-order chi connectivity index (χ0) is 17.7. The van der Waals surface area contributed by atoms with Gasteiger partial charge in [-0.05, 0) is 36.2 Å². The van der Waals surface area contributed by atoms with Crippen molar-refractivity contribution in [1.29, 1.82) is 0 Å². The van der Waals surface area contributed by atoms with Gasteiger partial charge < -0.3 is 9.47 Å². The molecule has 0 amide bonds. The summed E-state index contributed by atoms with van der Waals surface area (Å²) in [5.41, 5.74) is 0.853. The third-order valence-corrected chi connectivity index (χ3v) is 5.36. The van der Waals surface area contributed by atoms with Gasteiger partial charge in [0, 0.05) is 17.1 Å². The first kappa shape index (κ1) is 18.6. The summed E-state index contributed by atoms with van der Waals surface area (Å²) >= 11 is 5.89. The maximum absolute atomic E-state index is 12.7. The molecule has 0 saturated carbocycles. The van der Waals surface area contributed by atoms with Crippen molar-refractivity contribution >= 4 is 21.6 Å². The minimum Gasteiger partial charge on any atom is -0.493 e. The van der Waals surface area contributed by atoms with Crippen LogP contribution in [0.25, 0.3) is 0 Å². The number of nitrogens with one attached hydrogen (secondary N) is 1. The van der Waals surface area contributed by atoms with Crippen molar-refractivity contribution in [2.24, 2.45) is 0 Å². The van der Waals surface area contributed by atoms with Crippen LogP contribution in [-0.4, -0.2) is 22.6 Å². The van der Waals surface area contributed by atoms with Crippen LogP contribution < -0.4 is 14.2 Å². The van der Waals surface area contributed by atoms with Crippen LogP contribution in [0.1, 0.15) is 24.9 Å². The first-order valence-electron chi connectivity index (χ1n) is 7.41. The summed E-state index contributed by atoms with van der Waals surface area (Å²) in [7, 11) is -0.746. The number of methoxy groups -OCH3 is 2. The zero-order valence-corrected chi connectivity index (χ0v) is 15.3. The molecule has 0 aliphatic heterocycles. The van der Waals surface area contributed by atoms with Crippen LogP contribution in [0.5, 0.6) is 11.5 Å². The number of hydrogen-bond donors (Lipinski definition) is 1. The molecule has 7 heteroatoms. The Morgan fingerprint density at radius 2 is 1.67 bits per heavy atom. The molecule has 0 fully saturated rings. The highest BCUT2D eigenvalue weighted by Gasteiger charge is 2.21. The second-order valence-corrected chi connectivity index (χ2v) is 7.30. The van der Waals surface area contributed by atoms with Gasteiger partial charge in [-0.2, -0.15) is 0 Å². The number of ether oxygens (including phenoxy) is 2. The van der Waals surface area contributed by atoms with E-state index in [0.29, 0.717) is 22.9 Å². The smallest absolute Gasteiger partial charge is 0.241 e. The lowest BCUT2D eigenvalue weighted by Gasteiger charge is -2.18. The average Bonchev–Trinajstić information content (AvgIpc) is 2.59. The second-order valence-electron chi connectivity index (χ2n) is 5.15. The summed E-state index contributed by atoms with van der Waals surface area (Å²) in [6.45, 7) is 1.91. The lowest BCUT2D eigenvalue weighted by atomic mass is 10.1. The first-order chi connectivity index (χ1) is 11.4. The molecule has 0 radical (unpaired) electrons. The number of rotatable bonds is 7. The Labute approximate surface area is 147 Å². The van der Waals surface area contributed by atoms with Crippen molar-refractivity contribution in [1.82, 2.24) is 4.72 Å². The minimum atomic E-state index is -3.71. The topological polar surface area (TPSA) is 64.6 Å². The Kier molecular flexibility index (Phi) is 6.10. The summed E-state index contributed by atoms with van der Waals surface area (Å²) in [6, 6.07) is 11.3. The molecule has 0 heterocycles. The van der Waals surface area contributed by atoms with E-state index in [9.17, 15) is 8.42 Å². The van der Waals surface area contributed by atoms with E-state index in [2.05, 4.69) is 4.72 Å². The molecule has 0 aliphatic rings. The lowest BCUT2D eigenvalue weighted by molar-refractivity contribution is 0.354. The summed E-state index contributed by atoms with van der Waals surface area (Å²) in [4.78, 5) is 0.118. The van der Waals surface area contributed by atoms with Gasteiger partial charge in [0.1, 0.15) is 0 Å². The van der Waals surface area contributed by atoms with Crippen LogP contribution in [0.3, 0.4) is 0 Å². The monoisotopic (exact) mass is 369 g/mol. The first-order valence-corrected chi connectivity index (χ1v) is 9.27. The Bertz CT molecular complexity index is 791. The molecular weight excluding hydrogens is 350 g/mol. The molecule has 24 heavy (non-hydrogen) atoms. The van der Waals surface area contributed by atoms with Crippen LogP contribution in [0.4, 0.5) is 0 Å². The van der Waals surface area contributed by atoms with Gasteiger partial charge in [0.15, 0.2) is 11.5 Å². The van der Waals surface area contributed by atoms with Crippen molar-refractivity contribution in [3.8, 4) is 11.5 Å². The predicted molar refractivity (Wildman–Crippen MR) is 94.4 cm³/mol. The highest BCUT2D eigenvalue weighted by molar-refractivity contribution is 7.89. The van der Waals surface area contributed by atoms with Crippen molar-refractivity contribution in [2.75, 3.05) is 14.2 Å².